The number of aromatic carboxylic acids is 1. The van der Waals surface area contributed by atoms with Crippen LogP contribution in [0.3, 0.4) is 0 Å². The fourth-order valence-electron chi connectivity index (χ4n) is 1.99. The van der Waals surface area contributed by atoms with E-state index in [1.54, 1.807) is 0 Å². The van der Waals surface area contributed by atoms with Gasteiger partial charge in [0.25, 0.3) is 0 Å². The van der Waals surface area contributed by atoms with Crippen molar-refractivity contribution >= 4 is 17.7 Å². The van der Waals surface area contributed by atoms with Gasteiger partial charge in [-0.3, -0.25) is 0 Å². The van der Waals surface area contributed by atoms with Crippen molar-refractivity contribution in [2.24, 2.45) is 5.92 Å². The topological polar surface area (TPSA) is 78.4 Å². The molecule has 0 saturated heterocycles. The minimum absolute atomic E-state index is 0.00286. The molecule has 6 heteroatoms. The lowest BCUT2D eigenvalue weighted by molar-refractivity contribution is 0.0692. The lowest BCUT2D eigenvalue weighted by atomic mass is 10.0. The number of halogens is 1. The average molecular weight is 296 g/mol. The number of amides is 2. The minimum Gasteiger partial charge on any atom is -0.478 e. The summed E-state index contributed by atoms with van der Waals surface area (Å²) in [5.74, 6) is -1.72. The molecule has 0 spiro atoms. The van der Waals surface area contributed by atoms with E-state index in [0.29, 0.717) is 5.92 Å². The number of carbonyl (C=O) groups is 2. The molecule has 0 radical (unpaired) electrons. The Morgan fingerprint density at radius 2 is 2.00 bits per heavy atom. The second kappa shape index (κ2) is 7.61. The van der Waals surface area contributed by atoms with Crippen LogP contribution in [0.5, 0.6) is 0 Å². The number of nitrogens with one attached hydrogen (secondary N) is 2. The molecule has 0 heterocycles. The van der Waals surface area contributed by atoms with Crippen molar-refractivity contribution in [2.45, 2.75) is 39.7 Å². The van der Waals surface area contributed by atoms with Gasteiger partial charge in [0.05, 0.1) is 5.56 Å². The lowest BCUT2D eigenvalue weighted by Crippen LogP contribution is -2.37. The molecule has 0 aliphatic rings. The second-order valence-corrected chi connectivity index (χ2v) is 5.25. The van der Waals surface area contributed by atoms with E-state index in [0.717, 1.165) is 25.0 Å². The Morgan fingerprint density at radius 1 is 1.33 bits per heavy atom. The Balaban J connectivity index is 2.59. The van der Waals surface area contributed by atoms with Gasteiger partial charge >= 0.3 is 12.0 Å². The molecule has 3 N–H and O–H groups in total. The largest absolute Gasteiger partial charge is 0.478 e. The molecule has 1 aromatic carbocycles. The first kappa shape index (κ1) is 16.9. The first-order valence-corrected chi connectivity index (χ1v) is 6.93. The molecule has 2 atom stereocenters. The molecule has 116 valence electrons. The van der Waals surface area contributed by atoms with Crippen molar-refractivity contribution in [3.63, 3.8) is 0 Å². The molecule has 0 saturated carbocycles. The molecule has 2 unspecified atom stereocenters. The van der Waals surface area contributed by atoms with E-state index in [9.17, 15) is 14.0 Å². The van der Waals surface area contributed by atoms with Gasteiger partial charge in [-0.05, 0) is 37.5 Å². The van der Waals surface area contributed by atoms with Gasteiger partial charge in [-0.25, -0.2) is 14.0 Å². The van der Waals surface area contributed by atoms with Crippen LogP contribution in [0.25, 0.3) is 0 Å². The van der Waals surface area contributed by atoms with E-state index >= 15 is 0 Å². The zero-order valence-corrected chi connectivity index (χ0v) is 12.4. The first-order valence-electron chi connectivity index (χ1n) is 6.93. The maximum atomic E-state index is 13.5. The van der Waals surface area contributed by atoms with Crippen LogP contribution in [0.15, 0.2) is 18.2 Å². The standard InChI is InChI=1S/C15H21FN2O3/c1-4-9(2)7-10(3)17-15(21)18-11-5-6-12(14(19)20)13(16)8-11/h5-6,8-10H,4,7H2,1-3H3,(H,19,20)(H2,17,18,21). The maximum absolute atomic E-state index is 13.5. The summed E-state index contributed by atoms with van der Waals surface area (Å²) in [6.45, 7) is 6.10. The summed E-state index contributed by atoms with van der Waals surface area (Å²) >= 11 is 0. The molecule has 2 amide bonds. The number of rotatable bonds is 6. The molecule has 21 heavy (non-hydrogen) atoms. The van der Waals surface area contributed by atoms with E-state index in [1.807, 2.05) is 6.92 Å². The van der Waals surface area contributed by atoms with E-state index in [-0.39, 0.29) is 11.7 Å². The predicted molar refractivity (Wildman–Crippen MR) is 79.0 cm³/mol. The van der Waals surface area contributed by atoms with Gasteiger partial charge in [-0.1, -0.05) is 20.3 Å². The summed E-state index contributed by atoms with van der Waals surface area (Å²) in [5, 5.41) is 14.0. The van der Waals surface area contributed by atoms with Crippen LogP contribution in [-0.4, -0.2) is 23.1 Å². The number of carboxylic acids is 1. The van der Waals surface area contributed by atoms with Gasteiger partial charge in [-0.2, -0.15) is 0 Å². The number of anilines is 1. The van der Waals surface area contributed by atoms with Crippen LogP contribution in [0.2, 0.25) is 0 Å². The van der Waals surface area contributed by atoms with Gasteiger partial charge in [0.15, 0.2) is 0 Å². The highest BCUT2D eigenvalue weighted by Crippen LogP contribution is 2.15. The SMILES string of the molecule is CCC(C)CC(C)NC(=O)Nc1ccc(C(=O)O)c(F)c1. The number of urea groups is 1. The fourth-order valence-corrected chi connectivity index (χ4v) is 1.99. The molecule has 0 aliphatic carbocycles. The van der Waals surface area contributed by atoms with Crippen LogP contribution >= 0.6 is 0 Å². The molecule has 5 nitrogen and oxygen atoms in total. The van der Waals surface area contributed by atoms with E-state index in [2.05, 4.69) is 24.5 Å². The molecular formula is C15H21FN2O3. The van der Waals surface area contributed by atoms with E-state index < -0.39 is 23.4 Å². The molecule has 1 aromatic rings. The molecule has 0 aliphatic heterocycles. The van der Waals surface area contributed by atoms with Gasteiger partial charge in [0, 0.05) is 11.7 Å². The molecule has 0 aromatic heterocycles. The normalized spacial score (nSPS) is 13.3. The highest BCUT2D eigenvalue weighted by Gasteiger charge is 2.13. The van der Waals surface area contributed by atoms with Gasteiger partial charge < -0.3 is 15.7 Å². The third-order valence-electron chi connectivity index (χ3n) is 3.29. The summed E-state index contributed by atoms with van der Waals surface area (Å²) in [5.41, 5.74) is -0.211. The number of hydrogen-bond acceptors (Lipinski definition) is 2. The van der Waals surface area contributed by atoms with Crippen molar-refractivity contribution in [1.29, 1.82) is 0 Å². The molecule has 0 fully saturated rings. The van der Waals surface area contributed by atoms with Crippen LogP contribution < -0.4 is 10.6 Å². The Bertz CT molecular complexity index is 520. The molecular weight excluding hydrogens is 275 g/mol. The molecule has 1 rings (SSSR count). The highest BCUT2D eigenvalue weighted by atomic mass is 19.1. The van der Waals surface area contributed by atoms with Gasteiger partial charge in [-0.15, -0.1) is 0 Å². The van der Waals surface area contributed by atoms with E-state index in [4.69, 9.17) is 5.11 Å². The summed E-state index contributed by atoms with van der Waals surface area (Å²) in [4.78, 5) is 22.5. The summed E-state index contributed by atoms with van der Waals surface area (Å²) in [6, 6.07) is 3.03. The zero-order valence-electron chi connectivity index (χ0n) is 12.4. The second-order valence-electron chi connectivity index (χ2n) is 5.25. The average Bonchev–Trinajstić information content (AvgIpc) is 2.37. The monoisotopic (exact) mass is 296 g/mol. The highest BCUT2D eigenvalue weighted by molar-refractivity contribution is 5.91. The van der Waals surface area contributed by atoms with Crippen molar-refractivity contribution in [3.8, 4) is 0 Å². The minimum atomic E-state index is -1.34. The van der Waals surface area contributed by atoms with Crippen molar-refractivity contribution in [3.05, 3.63) is 29.6 Å². The quantitative estimate of drug-likeness (QED) is 0.752. The summed E-state index contributed by atoms with van der Waals surface area (Å²) in [7, 11) is 0. The van der Waals surface area contributed by atoms with Crippen molar-refractivity contribution in [2.75, 3.05) is 5.32 Å². The van der Waals surface area contributed by atoms with Crippen molar-refractivity contribution < 1.29 is 19.1 Å². The zero-order chi connectivity index (χ0) is 16.0. The number of carboxylic acid groups (broad SMARTS) is 1. The number of carbonyl (C=O) groups excluding carboxylic acids is 1. The van der Waals surface area contributed by atoms with Crippen LogP contribution in [0.4, 0.5) is 14.9 Å². The van der Waals surface area contributed by atoms with Gasteiger partial charge in [0.2, 0.25) is 0 Å². The van der Waals surface area contributed by atoms with E-state index in [1.165, 1.54) is 6.07 Å². The smallest absolute Gasteiger partial charge is 0.338 e. The maximum Gasteiger partial charge on any atom is 0.338 e. The number of benzene rings is 1. The summed E-state index contributed by atoms with van der Waals surface area (Å²) in [6.07, 6.45) is 1.89. The Labute approximate surface area is 123 Å². The van der Waals surface area contributed by atoms with Crippen LogP contribution in [-0.2, 0) is 0 Å². The van der Waals surface area contributed by atoms with Crippen LogP contribution in [0.1, 0.15) is 44.0 Å². The third-order valence-corrected chi connectivity index (χ3v) is 3.29. The summed E-state index contributed by atoms with van der Waals surface area (Å²) < 4.78 is 13.5. The number of hydrogen-bond donors (Lipinski definition) is 3. The van der Waals surface area contributed by atoms with Gasteiger partial charge in [0.1, 0.15) is 5.82 Å². The Kier molecular flexibility index (Phi) is 6.14. The Hall–Kier alpha value is -2.11. The third kappa shape index (κ3) is 5.41. The lowest BCUT2D eigenvalue weighted by Gasteiger charge is -2.18. The first-order chi connectivity index (χ1) is 9.83. The fraction of sp³-hybridized carbons (Fsp3) is 0.467. The van der Waals surface area contributed by atoms with Crippen LogP contribution in [0, 0.1) is 11.7 Å². The Morgan fingerprint density at radius 3 is 2.52 bits per heavy atom. The predicted octanol–water partition coefficient (Wildman–Crippen LogP) is 3.47. The molecule has 0 bridgehead atoms. The van der Waals surface area contributed by atoms with Crippen molar-refractivity contribution in [1.82, 2.24) is 5.32 Å².